The van der Waals surface area contributed by atoms with Gasteiger partial charge in [-0.1, -0.05) is 13.3 Å². The molecule has 1 aliphatic heterocycles. The van der Waals surface area contributed by atoms with E-state index in [1.807, 2.05) is 12.1 Å². The molecule has 0 spiro atoms. The van der Waals surface area contributed by atoms with Crippen molar-refractivity contribution in [1.82, 2.24) is 4.98 Å². The molecule has 2 N–H and O–H groups in total. The van der Waals surface area contributed by atoms with Crippen molar-refractivity contribution in [3.63, 3.8) is 0 Å². The largest absolute Gasteiger partial charge is 0.381 e. The number of anilines is 2. The number of ether oxygens (including phenoxy) is 1. The Morgan fingerprint density at radius 1 is 1.50 bits per heavy atom. The van der Waals surface area contributed by atoms with E-state index in [9.17, 15) is 4.79 Å². The Morgan fingerprint density at radius 2 is 2.40 bits per heavy atom. The van der Waals surface area contributed by atoms with Gasteiger partial charge in [0.15, 0.2) is 0 Å². The Labute approximate surface area is 120 Å². The second-order valence-corrected chi connectivity index (χ2v) is 5.10. The van der Waals surface area contributed by atoms with Crippen LogP contribution in [0, 0.1) is 0 Å². The summed E-state index contributed by atoms with van der Waals surface area (Å²) in [5, 5.41) is 6.10. The highest BCUT2D eigenvalue weighted by atomic mass is 16.5. The first-order valence-electron chi connectivity index (χ1n) is 7.39. The number of rotatable bonds is 7. The van der Waals surface area contributed by atoms with Gasteiger partial charge in [0.2, 0.25) is 5.91 Å². The third-order valence-corrected chi connectivity index (χ3v) is 3.35. The molecular weight excluding hydrogens is 254 g/mol. The number of hydrogen-bond acceptors (Lipinski definition) is 4. The lowest BCUT2D eigenvalue weighted by Crippen LogP contribution is -2.18. The Bertz CT molecular complexity index is 414. The van der Waals surface area contributed by atoms with Gasteiger partial charge in [0.25, 0.3) is 0 Å². The first-order chi connectivity index (χ1) is 9.78. The van der Waals surface area contributed by atoms with Gasteiger partial charge in [-0.3, -0.25) is 4.79 Å². The number of carbonyl (C=O) groups is 1. The fraction of sp³-hybridized carbons (Fsp3) is 0.600. The molecule has 0 bridgehead atoms. The molecule has 1 atom stereocenters. The summed E-state index contributed by atoms with van der Waals surface area (Å²) in [6.45, 7) is 3.75. The fourth-order valence-electron chi connectivity index (χ4n) is 2.15. The van der Waals surface area contributed by atoms with Crippen molar-refractivity contribution in [2.75, 3.05) is 23.8 Å². The maximum atomic E-state index is 11.6. The van der Waals surface area contributed by atoms with Crippen molar-refractivity contribution in [1.29, 1.82) is 0 Å². The lowest BCUT2D eigenvalue weighted by atomic mass is 10.2. The summed E-state index contributed by atoms with van der Waals surface area (Å²) < 4.78 is 5.55. The molecule has 2 rings (SSSR count). The third-order valence-electron chi connectivity index (χ3n) is 3.35. The first kappa shape index (κ1) is 14.8. The molecule has 1 fully saturated rings. The minimum absolute atomic E-state index is 0.0272. The van der Waals surface area contributed by atoms with E-state index in [-0.39, 0.29) is 5.91 Å². The van der Waals surface area contributed by atoms with E-state index in [4.69, 9.17) is 4.74 Å². The molecule has 0 aliphatic carbocycles. The standard InChI is InChI=1S/C15H23N3O2/c1-2-3-6-15(19)18-14-8-7-12(10-17-14)16-11-13-5-4-9-20-13/h7-8,10,13,16H,2-6,9,11H2,1H3,(H,17,18,19). The van der Waals surface area contributed by atoms with Crippen molar-refractivity contribution >= 4 is 17.4 Å². The van der Waals surface area contributed by atoms with E-state index in [0.29, 0.717) is 18.3 Å². The molecule has 5 nitrogen and oxygen atoms in total. The van der Waals surface area contributed by atoms with Crippen molar-refractivity contribution < 1.29 is 9.53 Å². The number of aromatic nitrogens is 1. The SMILES string of the molecule is CCCCC(=O)Nc1ccc(NCC2CCCO2)cn1. The summed E-state index contributed by atoms with van der Waals surface area (Å²) in [7, 11) is 0. The van der Waals surface area contributed by atoms with E-state index in [2.05, 4.69) is 22.5 Å². The molecule has 5 heteroatoms. The smallest absolute Gasteiger partial charge is 0.225 e. The number of hydrogen-bond donors (Lipinski definition) is 2. The Hall–Kier alpha value is -1.62. The van der Waals surface area contributed by atoms with E-state index < -0.39 is 0 Å². The molecule has 1 aromatic heterocycles. The van der Waals surface area contributed by atoms with Crippen LogP contribution in [0.1, 0.15) is 39.0 Å². The number of nitrogens with one attached hydrogen (secondary N) is 2. The molecule has 1 saturated heterocycles. The average molecular weight is 277 g/mol. The molecule has 1 aliphatic rings. The molecule has 1 amide bonds. The molecule has 0 saturated carbocycles. The van der Waals surface area contributed by atoms with Crippen LogP contribution in [0.15, 0.2) is 18.3 Å². The van der Waals surface area contributed by atoms with Crippen molar-refractivity contribution in [2.45, 2.75) is 45.1 Å². The van der Waals surface area contributed by atoms with E-state index in [1.165, 1.54) is 0 Å². The Balaban J connectivity index is 1.75. The van der Waals surface area contributed by atoms with Crippen LogP contribution in [0.2, 0.25) is 0 Å². The number of nitrogens with zero attached hydrogens (tertiary/aromatic N) is 1. The molecule has 20 heavy (non-hydrogen) atoms. The van der Waals surface area contributed by atoms with Crippen LogP contribution in [-0.4, -0.2) is 30.1 Å². The molecule has 1 unspecified atom stereocenters. The number of amides is 1. The third kappa shape index (κ3) is 4.81. The van der Waals surface area contributed by atoms with Gasteiger partial charge in [-0.2, -0.15) is 0 Å². The lowest BCUT2D eigenvalue weighted by Gasteiger charge is -2.12. The number of unbranched alkanes of at least 4 members (excludes halogenated alkanes) is 1. The minimum atomic E-state index is 0.0272. The van der Waals surface area contributed by atoms with Crippen LogP contribution < -0.4 is 10.6 Å². The predicted molar refractivity (Wildman–Crippen MR) is 79.9 cm³/mol. The highest BCUT2D eigenvalue weighted by Crippen LogP contribution is 2.14. The van der Waals surface area contributed by atoms with Gasteiger partial charge in [0.1, 0.15) is 5.82 Å². The predicted octanol–water partition coefficient (Wildman–Crippen LogP) is 2.80. The van der Waals surface area contributed by atoms with Crippen LogP contribution in [0.3, 0.4) is 0 Å². The quantitative estimate of drug-likeness (QED) is 0.804. The summed E-state index contributed by atoms with van der Waals surface area (Å²) >= 11 is 0. The van der Waals surface area contributed by atoms with Gasteiger partial charge in [0, 0.05) is 19.6 Å². The van der Waals surface area contributed by atoms with Crippen molar-refractivity contribution in [2.24, 2.45) is 0 Å². The fourth-order valence-corrected chi connectivity index (χ4v) is 2.15. The van der Waals surface area contributed by atoms with Gasteiger partial charge >= 0.3 is 0 Å². The molecule has 0 aromatic carbocycles. The maximum Gasteiger partial charge on any atom is 0.225 e. The summed E-state index contributed by atoms with van der Waals surface area (Å²) in [5.41, 5.74) is 0.951. The molecule has 110 valence electrons. The maximum absolute atomic E-state index is 11.6. The van der Waals surface area contributed by atoms with Gasteiger partial charge in [0.05, 0.1) is 18.0 Å². The molecular formula is C15H23N3O2. The lowest BCUT2D eigenvalue weighted by molar-refractivity contribution is -0.116. The second-order valence-electron chi connectivity index (χ2n) is 5.10. The molecule has 0 radical (unpaired) electrons. The van der Waals surface area contributed by atoms with Crippen LogP contribution in [-0.2, 0) is 9.53 Å². The van der Waals surface area contributed by atoms with Gasteiger partial charge in [-0.15, -0.1) is 0 Å². The van der Waals surface area contributed by atoms with Gasteiger partial charge in [-0.25, -0.2) is 4.98 Å². The van der Waals surface area contributed by atoms with E-state index in [0.717, 1.165) is 44.5 Å². The number of pyridine rings is 1. The first-order valence-corrected chi connectivity index (χ1v) is 7.39. The topological polar surface area (TPSA) is 63.2 Å². The zero-order chi connectivity index (χ0) is 14.2. The van der Waals surface area contributed by atoms with Crippen LogP contribution in [0.25, 0.3) is 0 Å². The highest BCUT2D eigenvalue weighted by molar-refractivity contribution is 5.89. The van der Waals surface area contributed by atoms with Gasteiger partial charge < -0.3 is 15.4 Å². The minimum Gasteiger partial charge on any atom is -0.381 e. The Kier molecular flexibility index (Phi) is 5.80. The summed E-state index contributed by atoms with van der Waals surface area (Å²) in [4.78, 5) is 15.8. The monoisotopic (exact) mass is 277 g/mol. The summed E-state index contributed by atoms with van der Waals surface area (Å²) in [5.74, 6) is 0.633. The van der Waals surface area contributed by atoms with Crippen molar-refractivity contribution in [3.05, 3.63) is 18.3 Å². The van der Waals surface area contributed by atoms with Crippen LogP contribution in [0.5, 0.6) is 0 Å². The molecule has 2 heterocycles. The van der Waals surface area contributed by atoms with E-state index >= 15 is 0 Å². The van der Waals surface area contributed by atoms with Crippen LogP contribution >= 0.6 is 0 Å². The number of carbonyl (C=O) groups excluding carboxylic acids is 1. The zero-order valence-electron chi connectivity index (χ0n) is 12.0. The summed E-state index contributed by atoms with van der Waals surface area (Å²) in [6.07, 6.45) is 6.80. The average Bonchev–Trinajstić information content (AvgIpc) is 2.98. The second kappa shape index (κ2) is 7.85. The summed E-state index contributed by atoms with van der Waals surface area (Å²) in [6, 6.07) is 3.75. The Morgan fingerprint density at radius 3 is 3.05 bits per heavy atom. The molecule has 1 aromatic rings. The zero-order valence-corrected chi connectivity index (χ0v) is 12.0. The normalized spacial score (nSPS) is 17.9. The highest BCUT2D eigenvalue weighted by Gasteiger charge is 2.14. The van der Waals surface area contributed by atoms with Crippen molar-refractivity contribution in [3.8, 4) is 0 Å². The van der Waals surface area contributed by atoms with Crippen LogP contribution in [0.4, 0.5) is 11.5 Å². The van der Waals surface area contributed by atoms with E-state index in [1.54, 1.807) is 6.20 Å². The van der Waals surface area contributed by atoms with Gasteiger partial charge in [-0.05, 0) is 31.4 Å².